The van der Waals surface area contributed by atoms with Gasteiger partial charge in [0.05, 0.1) is 4.47 Å². The Labute approximate surface area is 108 Å². The fourth-order valence-electron chi connectivity index (χ4n) is 1.76. The summed E-state index contributed by atoms with van der Waals surface area (Å²) in [6.07, 6.45) is 2.24. The third-order valence-electron chi connectivity index (χ3n) is 2.94. The number of amides is 1. The molecule has 2 rings (SSSR count). The lowest BCUT2D eigenvalue weighted by Crippen LogP contribution is -2.41. The number of benzene rings is 1. The van der Waals surface area contributed by atoms with Crippen LogP contribution >= 0.6 is 15.9 Å². The van der Waals surface area contributed by atoms with Crippen LogP contribution in [0.5, 0.6) is 0 Å². The average Bonchev–Trinajstić information content (AvgIpc) is 3.13. The maximum atomic E-state index is 13.0. The van der Waals surface area contributed by atoms with Crippen molar-refractivity contribution in [2.24, 2.45) is 11.7 Å². The van der Waals surface area contributed by atoms with Gasteiger partial charge in [-0.15, -0.1) is 0 Å². The van der Waals surface area contributed by atoms with Gasteiger partial charge in [0.15, 0.2) is 0 Å². The predicted octanol–water partition coefficient (Wildman–Crippen LogP) is 2.06. The van der Waals surface area contributed by atoms with Gasteiger partial charge >= 0.3 is 0 Å². The van der Waals surface area contributed by atoms with E-state index in [0.29, 0.717) is 22.5 Å². The molecule has 1 atom stereocenters. The first-order chi connectivity index (χ1) is 8.11. The second-order valence-electron chi connectivity index (χ2n) is 4.28. The summed E-state index contributed by atoms with van der Waals surface area (Å²) in [5.41, 5.74) is 6.05. The van der Waals surface area contributed by atoms with Crippen molar-refractivity contribution in [3.8, 4) is 0 Å². The molecule has 1 amide bonds. The van der Waals surface area contributed by atoms with Crippen LogP contribution in [-0.2, 0) is 0 Å². The summed E-state index contributed by atoms with van der Waals surface area (Å²) in [5, 5.41) is 2.88. The second-order valence-corrected chi connectivity index (χ2v) is 5.14. The normalized spacial score (nSPS) is 16.6. The number of nitrogens with one attached hydrogen (secondary N) is 1. The van der Waals surface area contributed by atoms with Gasteiger partial charge in [0.1, 0.15) is 5.82 Å². The van der Waals surface area contributed by atoms with Crippen LogP contribution in [0.2, 0.25) is 0 Å². The largest absolute Gasteiger partial charge is 0.348 e. The van der Waals surface area contributed by atoms with E-state index in [1.807, 2.05) is 0 Å². The lowest BCUT2D eigenvalue weighted by Gasteiger charge is -2.16. The van der Waals surface area contributed by atoms with Crippen molar-refractivity contribution >= 4 is 21.8 Å². The molecule has 0 saturated heterocycles. The van der Waals surface area contributed by atoms with E-state index < -0.39 is 0 Å². The highest BCUT2D eigenvalue weighted by atomic mass is 79.9. The fraction of sp³-hybridized carbons (Fsp3) is 0.417. The van der Waals surface area contributed by atoms with Crippen LogP contribution in [0.3, 0.4) is 0 Å². The lowest BCUT2D eigenvalue weighted by atomic mass is 10.1. The van der Waals surface area contributed by atoms with Gasteiger partial charge in [-0.1, -0.05) is 0 Å². The Morgan fingerprint density at radius 3 is 2.82 bits per heavy atom. The number of rotatable bonds is 4. The Morgan fingerprint density at radius 1 is 1.59 bits per heavy atom. The number of hydrogen-bond donors (Lipinski definition) is 2. The van der Waals surface area contributed by atoms with Crippen molar-refractivity contribution in [1.82, 2.24) is 5.32 Å². The molecule has 1 fully saturated rings. The van der Waals surface area contributed by atoms with Crippen molar-refractivity contribution in [1.29, 1.82) is 0 Å². The van der Waals surface area contributed by atoms with Crippen LogP contribution in [0, 0.1) is 11.7 Å². The molecule has 0 bridgehead atoms. The SMILES string of the molecule is NCC(NC(=O)c1ccc(F)c(Br)c1)C1CC1. The Kier molecular flexibility index (Phi) is 3.79. The van der Waals surface area contributed by atoms with Crippen molar-refractivity contribution in [2.75, 3.05) is 6.54 Å². The Balaban J connectivity index is 2.05. The van der Waals surface area contributed by atoms with Crippen LogP contribution in [0.4, 0.5) is 4.39 Å². The minimum Gasteiger partial charge on any atom is -0.348 e. The maximum absolute atomic E-state index is 13.0. The molecular formula is C12H14BrFN2O. The molecule has 3 nitrogen and oxygen atoms in total. The molecule has 0 aliphatic heterocycles. The summed E-state index contributed by atoms with van der Waals surface area (Å²) in [6.45, 7) is 0.443. The number of carbonyl (C=O) groups excluding carboxylic acids is 1. The zero-order valence-electron chi connectivity index (χ0n) is 9.25. The van der Waals surface area contributed by atoms with Gasteiger partial charge < -0.3 is 11.1 Å². The fourth-order valence-corrected chi connectivity index (χ4v) is 2.14. The van der Waals surface area contributed by atoms with Crippen molar-refractivity contribution < 1.29 is 9.18 Å². The average molecular weight is 301 g/mol. The standard InChI is InChI=1S/C12H14BrFN2O/c13-9-5-8(3-4-10(9)14)12(17)16-11(6-15)7-1-2-7/h3-5,7,11H,1-2,6,15H2,(H,16,17). The van der Waals surface area contributed by atoms with Crippen LogP contribution in [0.25, 0.3) is 0 Å². The van der Waals surface area contributed by atoms with E-state index in [0.717, 1.165) is 12.8 Å². The number of nitrogens with two attached hydrogens (primary N) is 1. The van der Waals surface area contributed by atoms with Crippen molar-refractivity contribution in [3.63, 3.8) is 0 Å². The van der Waals surface area contributed by atoms with Crippen LogP contribution in [-0.4, -0.2) is 18.5 Å². The molecule has 0 aromatic heterocycles. The van der Waals surface area contributed by atoms with Gasteiger partial charge in [-0.05, 0) is 52.9 Å². The van der Waals surface area contributed by atoms with Crippen LogP contribution in [0.15, 0.2) is 22.7 Å². The molecule has 1 aromatic carbocycles. The highest BCUT2D eigenvalue weighted by Gasteiger charge is 2.31. The van der Waals surface area contributed by atoms with E-state index in [2.05, 4.69) is 21.2 Å². The van der Waals surface area contributed by atoms with E-state index in [1.54, 1.807) is 0 Å². The molecule has 5 heteroatoms. The van der Waals surface area contributed by atoms with Gasteiger partial charge in [0, 0.05) is 18.2 Å². The number of halogens is 2. The zero-order chi connectivity index (χ0) is 12.4. The van der Waals surface area contributed by atoms with Gasteiger partial charge in [-0.3, -0.25) is 4.79 Å². The third kappa shape index (κ3) is 3.04. The molecule has 92 valence electrons. The second kappa shape index (κ2) is 5.14. The van der Waals surface area contributed by atoms with Gasteiger partial charge in [0.2, 0.25) is 0 Å². The van der Waals surface area contributed by atoms with E-state index in [1.165, 1.54) is 18.2 Å². The quantitative estimate of drug-likeness (QED) is 0.894. The minimum atomic E-state index is -0.376. The smallest absolute Gasteiger partial charge is 0.251 e. The first-order valence-corrected chi connectivity index (χ1v) is 6.37. The Hall–Kier alpha value is -0.940. The molecule has 1 aliphatic rings. The molecule has 0 heterocycles. The molecule has 1 aromatic rings. The maximum Gasteiger partial charge on any atom is 0.251 e. The first-order valence-electron chi connectivity index (χ1n) is 5.58. The molecular weight excluding hydrogens is 287 g/mol. The van der Waals surface area contributed by atoms with E-state index >= 15 is 0 Å². The molecule has 1 saturated carbocycles. The molecule has 3 N–H and O–H groups in total. The van der Waals surface area contributed by atoms with Gasteiger partial charge in [-0.25, -0.2) is 4.39 Å². The van der Waals surface area contributed by atoms with Gasteiger partial charge in [-0.2, -0.15) is 0 Å². The van der Waals surface area contributed by atoms with E-state index in [-0.39, 0.29) is 17.8 Å². The summed E-state index contributed by atoms with van der Waals surface area (Å²) in [7, 11) is 0. The van der Waals surface area contributed by atoms with Crippen LogP contribution < -0.4 is 11.1 Å². The summed E-state index contributed by atoms with van der Waals surface area (Å²) in [5.74, 6) is -0.0694. The van der Waals surface area contributed by atoms with Crippen molar-refractivity contribution in [3.05, 3.63) is 34.1 Å². The third-order valence-corrected chi connectivity index (χ3v) is 3.55. The van der Waals surface area contributed by atoms with Crippen LogP contribution in [0.1, 0.15) is 23.2 Å². The number of hydrogen-bond acceptors (Lipinski definition) is 2. The predicted molar refractivity (Wildman–Crippen MR) is 67.1 cm³/mol. The summed E-state index contributed by atoms with van der Waals surface area (Å²) in [6, 6.07) is 4.25. The summed E-state index contributed by atoms with van der Waals surface area (Å²) in [4.78, 5) is 11.9. The topological polar surface area (TPSA) is 55.1 Å². The Bertz CT molecular complexity index is 435. The lowest BCUT2D eigenvalue weighted by molar-refractivity contribution is 0.0933. The zero-order valence-corrected chi connectivity index (χ0v) is 10.8. The molecule has 0 radical (unpaired) electrons. The first kappa shape index (κ1) is 12.5. The summed E-state index contributed by atoms with van der Waals surface area (Å²) >= 11 is 3.06. The number of carbonyl (C=O) groups is 1. The minimum absolute atomic E-state index is 0.0336. The van der Waals surface area contributed by atoms with Gasteiger partial charge in [0.25, 0.3) is 5.91 Å². The molecule has 17 heavy (non-hydrogen) atoms. The molecule has 0 spiro atoms. The summed E-state index contributed by atoms with van der Waals surface area (Å²) < 4.78 is 13.3. The van der Waals surface area contributed by atoms with E-state index in [9.17, 15) is 9.18 Å². The van der Waals surface area contributed by atoms with E-state index in [4.69, 9.17) is 5.73 Å². The Morgan fingerprint density at radius 2 is 2.29 bits per heavy atom. The van der Waals surface area contributed by atoms with Crippen molar-refractivity contribution in [2.45, 2.75) is 18.9 Å². The molecule has 1 aliphatic carbocycles. The highest BCUT2D eigenvalue weighted by molar-refractivity contribution is 9.10. The molecule has 1 unspecified atom stereocenters. The highest BCUT2D eigenvalue weighted by Crippen LogP contribution is 2.32. The monoisotopic (exact) mass is 300 g/mol.